The number of ether oxygens (including phenoxy) is 2. The Labute approximate surface area is 141 Å². The molecular formula is C18H23NO5. The van der Waals surface area contributed by atoms with Crippen molar-refractivity contribution in [1.82, 2.24) is 4.90 Å². The molecule has 1 aromatic carbocycles. The SMILES string of the molecule is COc1cccc([C@@H]2C[C@@H]2C(=O)N(CC(=O)O)C2CCOCC2)c1. The van der Waals surface area contributed by atoms with E-state index in [0.29, 0.717) is 26.1 Å². The molecule has 6 nitrogen and oxygen atoms in total. The van der Waals surface area contributed by atoms with Crippen molar-refractivity contribution < 1.29 is 24.2 Å². The Morgan fingerprint density at radius 2 is 2.08 bits per heavy atom. The molecule has 24 heavy (non-hydrogen) atoms. The van der Waals surface area contributed by atoms with Gasteiger partial charge in [0.05, 0.1) is 7.11 Å². The fourth-order valence-corrected chi connectivity index (χ4v) is 3.45. The van der Waals surface area contributed by atoms with Gasteiger partial charge in [-0.1, -0.05) is 12.1 Å². The van der Waals surface area contributed by atoms with Gasteiger partial charge in [0.15, 0.2) is 0 Å². The number of hydrogen-bond donors (Lipinski definition) is 1. The van der Waals surface area contributed by atoms with Crippen LogP contribution in [0.25, 0.3) is 0 Å². The summed E-state index contributed by atoms with van der Waals surface area (Å²) >= 11 is 0. The van der Waals surface area contributed by atoms with Crippen molar-refractivity contribution in [1.29, 1.82) is 0 Å². The Hall–Kier alpha value is -2.08. The van der Waals surface area contributed by atoms with Gasteiger partial charge in [-0.3, -0.25) is 9.59 Å². The standard InChI is InChI=1S/C18H23NO5/c1-23-14-4-2-3-12(9-14)15-10-16(15)18(22)19(11-17(20)21)13-5-7-24-8-6-13/h2-4,9,13,15-16H,5-8,10-11H2,1H3,(H,20,21)/t15-,16-/m0/s1. The van der Waals surface area contributed by atoms with E-state index in [2.05, 4.69) is 0 Å². The molecule has 2 aliphatic rings. The number of amides is 1. The number of carbonyl (C=O) groups is 2. The smallest absolute Gasteiger partial charge is 0.323 e. The Balaban J connectivity index is 1.70. The largest absolute Gasteiger partial charge is 0.497 e. The van der Waals surface area contributed by atoms with Crippen LogP contribution in [0.3, 0.4) is 0 Å². The van der Waals surface area contributed by atoms with Gasteiger partial charge in [0.1, 0.15) is 12.3 Å². The Bertz CT molecular complexity index is 611. The second kappa shape index (κ2) is 7.21. The first-order valence-electron chi connectivity index (χ1n) is 8.34. The summed E-state index contributed by atoms with van der Waals surface area (Å²) in [6, 6.07) is 7.71. The van der Waals surface area contributed by atoms with Crippen LogP contribution in [-0.2, 0) is 14.3 Å². The van der Waals surface area contributed by atoms with E-state index < -0.39 is 5.97 Å². The molecule has 6 heteroatoms. The van der Waals surface area contributed by atoms with Crippen molar-refractivity contribution in [2.75, 3.05) is 26.9 Å². The number of carboxylic acids is 1. The minimum atomic E-state index is -0.964. The van der Waals surface area contributed by atoms with E-state index in [9.17, 15) is 14.7 Å². The summed E-state index contributed by atoms with van der Waals surface area (Å²) in [4.78, 5) is 25.6. The highest BCUT2D eigenvalue weighted by atomic mass is 16.5. The van der Waals surface area contributed by atoms with E-state index in [0.717, 1.165) is 17.7 Å². The van der Waals surface area contributed by atoms with Gasteiger partial charge < -0.3 is 19.5 Å². The van der Waals surface area contributed by atoms with Crippen molar-refractivity contribution in [2.45, 2.75) is 31.2 Å². The molecule has 0 radical (unpaired) electrons. The van der Waals surface area contributed by atoms with Crippen molar-refractivity contribution in [3.8, 4) is 5.75 Å². The van der Waals surface area contributed by atoms with E-state index in [-0.39, 0.29) is 30.3 Å². The number of hydrogen-bond acceptors (Lipinski definition) is 4. The lowest BCUT2D eigenvalue weighted by atomic mass is 10.0. The fourth-order valence-electron chi connectivity index (χ4n) is 3.45. The third kappa shape index (κ3) is 3.70. The molecule has 1 heterocycles. The lowest BCUT2D eigenvalue weighted by molar-refractivity contribution is -0.148. The van der Waals surface area contributed by atoms with Gasteiger partial charge in [0, 0.05) is 25.2 Å². The molecular weight excluding hydrogens is 310 g/mol. The Kier molecular flexibility index (Phi) is 5.04. The molecule has 1 aliphatic carbocycles. The average Bonchev–Trinajstić information content (AvgIpc) is 3.40. The van der Waals surface area contributed by atoms with Gasteiger partial charge in [0.2, 0.25) is 5.91 Å². The first-order valence-corrected chi connectivity index (χ1v) is 8.34. The molecule has 0 aromatic heterocycles. The van der Waals surface area contributed by atoms with Gasteiger partial charge in [-0.15, -0.1) is 0 Å². The number of aliphatic carboxylic acids is 1. The van der Waals surface area contributed by atoms with Crippen molar-refractivity contribution in [2.24, 2.45) is 5.92 Å². The summed E-state index contributed by atoms with van der Waals surface area (Å²) < 4.78 is 10.6. The minimum Gasteiger partial charge on any atom is -0.497 e. The van der Waals surface area contributed by atoms with Crippen molar-refractivity contribution in [3.63, 3.8) is 0 Å². The molecule has 1 N–H and O–H groups in total. The van der Waals surface area contributed by atoms with Crippen LogP contribution in [0, 0.1) is 5.92 Å². The summed E-state index contributed by atoms with van der Waals surface area (Å²) in [5.74, 6) is -0.203. The summed E-state index contributed by atoms with van der Waals surface area (Å²) in [6.45, 7) is 0.931. The molecule has 2 atom stereocenters. The Morgan fingerprint density at radius 3 is 2.75 bits per heavy atom. The van der Waals surface area contributed by atoms with E-state index in [1.54, 1.807) is 12.0 Å². The monoisotopic (exact) mass is 333 g/mol. The molecule has 3 rings (SSSR count). The highest BCUT2D eigenvalue weighted by molar-refractivity contribution is 5.86. The lowest BCUT2D eigenvalue weighted by Crippen LogP contribution is -2.46. The Morgan fingerprint density at radius 1 is 1.33 bits per heavy atom. The molecule has 1 saturated carbocycles. The summed E-state index contributed by atoms with van der Waals surface area (Å²) in [7, 11) is 1.62. The normalized spacial score (nSPS) is 23.5. The maximum atomic E-state index is 12.9. The van der Waals surface area contributed by atoms with Gasteiger partial charge in [-0.2, -0.15) is 0 Å². The predicted molar refractivity (Wildman–Crippen MR) is 87.0 cm³/mol. The van der Waals surface area contributed by atoms with Gasteiger partial charge in [-0.25, -0.2) is 0 Å². The summed E-state index contributed by atoms with van der Waals surface area (Å²) in [5.41, 5.74) is 1.08. The zero-order valence-electron chi connectivity index (χ0n) is 13.8. The van der Waals surface area contributed by atoms with E-state index in [1.807, 2.05) is 24.3 Å². The molecule has 0 bridgehead atoms. The maximum absolute atomic E-state index is 12.9. The minimum absolute atomic E-state index is 0.0334. The predicted octanol–water partition coefficient (Wildman–Crippen LogP) is 1.89. The van der Waals surface area contributed by atoms with Gasteiger partial charge in [-0.05, 0) is 42.9 Å². The third-order valence-corrected chi connectivity index (χ3v) is 4.85. The van der Waals surface area contributed by atoms with Crippen LogP contribution in [-0.4, -0.2) is 54.8 Å². The van der Waals surface area contributed by atoms with E-state index >= 15 is 0 Å². The average molecular weight is 333 g/mol. The van der Waals surface area contributed by atoms with Crippen LogP contribution in [0.5, 0.6) is 5.75 Å². The zero-order chi connectivity index (χ0) is 17.1. The van der Waals surface area contributed by atoms with Crippen LogP contribution in [0.2, 0.25) is 0 Å². The number of rotatable bonds is 6. The molecule has 0 spiro atoms. The highest BCUT2D eigenvalue weighted by Gasteiger charge is 2.47. The van der Waals surface area contributed by atoms with Crippen LogP contribution in [0.1, 0.15) is 30.7 Å². The quantitative estimate of drug-likeness (QED) is 0.860. The molecule has 1 aromatic rings. The number of methoxy groups -OCH3 is 1. The molecule has 1 aliphatic heterocycles. The molecule has 130 valence electrons. The molecule has 1 saturated heterocycles. The topological polar surface area (TPSA) is 76.1 Å². The van der Waals surface area contributed by atoms with Crippen LogP contribution in [0.4, 0.5) is 0 Å². The van der Waals surface area contributed by atoms with Crippen LogP contribution < -0.4 is 4.74 Å². The number of nitrogens with zero attached hydrogens (tertiary/aromatic N) is 1. The molecule has 1 amide bonds. The van der Waals surface area contributed by atoms with Gasteiger partial charge in [0.25, 0.3) is 0 Å². The zero-order valence-corrected chi connectivity index (χ0v) is 13.8. The number of benzene rings is 1. The number of carboxylic acid groups (broad SMARTS) is 1. The second-order valence-electron chi connectivity index (χ2n) is 6.43. The lowest BCUT2D eigenvalue weighted by Gasteiger charge is -2.33. The first kappa shape index (κ1) is 16.8. The van der Waals surface area contributed by atoms with Crippen molar-refractivity contribution in [3.05, 3.63) is 29.8 Å². The van der Waals surface area contributed by atoms with Crippen LogP contribution in [0.15, 0.2) is 24.3 Å². The first-order chi connectivity index (χ1) is 11.6. The molecule has 2 fully saturated rings. The fraction of sp³-hybridized carbons (Fsp3) is 0.556. The number of carbonyl (C=O) groups excluding carboxylic acids is 1. The summed E-state index contributed by atoms with van der Waals surface area (Å²) in [5, 5.41) is 9.18. The van der Waals surface area contributed by atoms with Crippen LogP contribution >= 0.6 is 0 Å². The van der Waals surface area contributed by atoms with E-state index in [4.69, 9.17) is 9.47 Å². The third-order valence-electron chi connectivity index (χ3n) is 4.85. The second-order valence-corrected chi connectivity index (χ2v) is 6.43. The molecule has 0 unspecified atom stereocenters. The maximum Gasteiger partial charge on any atom is 0.323 e. The van der Waals surface area contributed by atoms with Gasteiger partial charge >= 0.3 is 5.97 Å². The van der Waals surface area contributed by atoms with E-state index in [1.165, 1.54) is 0 Å². The van der Waals surface area contributed by atoms with Crippen molar-refractivity contribution >= 4 is 11.9 Å². The summed E-state index contributed by atoms with van der Waals surface area (Å²) in [6.07, 6.45) is 2.18. The highest BCUT2D eigenvalue weighted by Crippen LogP contribution is 2.49.